The molecule has 0 spiro atoms. The van der Waals surface area contributed by atoms with E-state index < -0.39 is 0 Å². The molecule has 3 heteroatoms. The average Bonchev–Trinajstić information content (AvgIpc) is 2.73. The summed E-state index contributed by atoms with van der Waals surface area (Å²) in [4.78, 5) is 12.0. The first-order valence-corrected chi connectivity index (χ1v) is 7.46. The van der Waals surface area contributed by atoms with E-state index in [4.69, 9.17) is 4.42 Å². The third-order valence-corrected chi connectivity index (χ3v) is 3.00. The Labute approximate surface area is 117 Å². The summed E-state index contributed by atoms with van der Waals surface area (Å²) in [5.74, 6) is 1.16. The van der Waals surface area contributed by atoms with E-state index in [0.29, 0.717) is 5.76 Å². The van der Waals surface area contributed by atoms with Crippen LogP contribution in [0.3, 0.4) is 0 Å². The Kier molecular flexibility index (Phi) is 9.02. The zero-order valence-electron chi connectivity index (χ0n) is 13.3. The number of hydrogen-bond donors (Lipinski definition) is 1. The van der Waals surface area contributed by atoms with Gasteiger partial charge in [0.1, 0.15) is 5.76 Å². The van der Waals surface area contributed by atoms with Crippen LogP contribution in [0, 0.1) is 13.8 Å². The number of carbonyl (C=O) groups is 1. The molecule has 1 heterocycles. The summed E-state index contributed by atoms with van der Waals surface area (Å²) in [7, 11) is 0. The fourth-order valence-electron chi connectivity index (χ4n) is 1.93. The Morgan fingerprint density at radius 2 is 1.74 bits per heavy atom. The van der Waals surface area contributed by atoms with Gasteiger partial charge in [0, 0.05) is 6.04 Å². The average molecular weight is 267 g/mol. The summed E-state index contributed by atoms with van der Waals surface area (Å²) in [6.45, 7) is 12.1. The number of aryl methyl sites for hydroxylation is 2. The van der Waals surface area contributed by atoms with E-state index in [1.807, 2.05) is 27.7 Å². The molecule has 0 aliphatic carbocycles. The van der Waals surface area contributed by atoms with E-state index in [0.717, 1.165) is 37.0 Å². The van der Waals surface area contributed by atoms with Crippen LogP contribution in [0.5, 0.6) is 0 Å². The van der Waals surface area contributed by atoms with Crippen LogP contribution >= 0.6 is 0 Å². The molecular formula is C16H29NO2. The van der Waals surface area contributed by atoms with E-state index in [1.165, 1.54) is 0 Å². The third-order valence-electron chi connectivity index (χ3n) is 3.00. The highest BCUT2D eigenvalue weighted by molar-refractivity contribution is 5.91. The van der Waals surface area contributed by atoms with E-state index >= 15 is 0 Å². The van der Waals surface area contributed by atoms with Gasteiger partial charge < -0.3 is 9.73 Å². The smallest absolute Gasteiger partial charge is 0.287 e. The van der Waals surface area contributed by atoms with Crippen molar-refractivity contribution in [3.63, 3.8) is 0 Å². The Morgan fingerprint density at radius 3 is 2.11 bits per heavy atom. The van der Waals surface area contributed by atoms with Crippen LogP contribution in [0.25, 0.3) is 0 Å². The first-order chi connectivity index (χ1) is 9.08. The Bertz CT molecular complexity index is 343. The molecule has 3 nitrogen and oxygen atoms in total. The van der Waals surface area contributed by atoms with E-state index in [-0.39, 0.29) is 11.9 Å². The van der Waals surface area contributed by atoms with Crippen molar-refractivity contribution in [3.05, 3.63) is 23.2 Å². The molecule has 0 saturated heterocycles. The van der Waals surface area contributed by atoms with Gasteiger partial charge in [-0.25, -0.2) is 0 Å². The summed E-state index contributed by atoms with van der Waals surface area (Å²) in [6, 6.07) is 2.07. The lowest BCUT2D eigenvalue weighted by Gasteiger charge is -2.16. The molecule has 0 saturated carbocycles. The summed E-state index contributed by atoms with van der Waals surface area (Å²) in [5, 5.41) is 3.04. The number of rotatable bonds is 6. The summed E-state index contributed by atoms with van der Waals surface area (Å²) in [6.07, 6.45) is 4.22. The van der Waals surface area contributed by atoms with Crippen LogP contribution < -0.4 is 5.32 Å². The minimum absolute atomic E-state index is 0.0897. The predicted octanol–water partition coefficient (Wildman–Crippen LogP) is 4.62. The first kappa shape index (κ1) is 17.8. The van der Waals surface area contributed by atoms with Gasteiger partial charge in [0.2, 0.25) is 0 Å². The van der Waals surface area contributed by atoms with Crippen molar-refractivity contribution in [2.24, 2.45) is 0 Å². The molecule has 0 unspecified atom stereocenters. The lowest BCUT2D eigenvalue weighted by molar-refractivity contribution is 0.0903. The van der Waals surface area contributed by atoms with E-state index in [1.54, 1.807) is 6.07 Å². The lowest BCUT2D eigenvalue weighted by atomic mass is 10.1. The van der Waals surface area contributed by atoms with Crippen LogP contribution in [0.2, 0.25) is 0 Å². The van der Waals surface area contributed by atoms with Crippen molar-refractivity contribution in [3.8, 4) is 0 Å². The van der Waals surface area contributed by atoms with Crippen molar-refractivity contribution < 1.29 is 9.21 Å². The lowest BCUT2D eigenvalue weighted by Crippen LogP contribution is -2.34. The highest BCUT2D eigenvalue weighted by atomic mass is 16.3. The highest BCUT2D eigenvalue weighted by Crippen LogP contribution is 2.14. The normalized spacial score (nSPS) is 10.1. The highest BCUT2D eigenvalue weighted by Gasteiger charge is 2.16. The molecule has 110 valence electrons. The Hall–Kier alpha value is -1.25. The van der Waals surface area contributed by atoms with Gasteiger partial charge in [0.05, 0.1) is 0 Å². The molecule has 0 bridgehead atoms. The van der Waals surface area contributed by atoms with Crippen molar-refractivity contribution in [2.75, 3.05) is 0 Å². The molecule has 0 aliphatic heterocycles. The van der Waals surface area contributed by atoms with Crippen molar-refractivity contribution >= 4 is 5.91 Å². The summed E-state index contributed by atoms with van der Waals surface area (Å²) in [5.41, 5.74) is 1.03. The number of hydrogen-bond acceptors (Lipinski definition) is 2. The van der Waals surface area contributed by atoms with Crippen molar-refractivity contribution in [1.82, 2.24) is 5.32 Å². The second kappa shape index (κ2) is 9.65. The van der Waals surface area contributed by atoms with Gasteiger partial charge in [-0.3, -0.25) is 4.79 Å². The molecule has 1 aromatic heterocycles. The van der Waals surface area contributed by atoms with Crippen molar-refractivity contribution in [1.29, 1.82) is 0 Å². The predicted molar refractivity (Wildman–Crippen MR) is 80.6 cm³/mol. The molecular weight excluding hydrogens is 238 g/mol. The van der Waals surface area contributed by atoms with Gasteiger partial charge in [0.15, 0.2) is 5.76 Å². The molecule has 0 aliphatic rings. The quantitative estimate of drug-likeness (QED) is 0.817. The first-order valence-electron chi connectivity index (χ1n) is 7.46. The summed E-state index contributed by atoms with van der Waals surface area (Å²) < 4.78 is 5.42. The fraction of sp³-hybridized carbons (Fsp3) is 0.688. The minimum Gasteiger partial charge on any atom is -0.456 e. The molecule has 0 radical (unpaired) electrons. The zero-order valence-corrected chi connectivity index (χ0v) is 13.3. The van der Waals surface area contributed by atoms with Gasteiger partial charge in [-0.05, 0) is 38.3 Å². The van der Waals surface area contributed by atoms with E-state index in [9.17, 15) is 4.79 Å². The van der Waals surface area contributed by atoms with Crippen molar-refractivity contribution in [2.45, 2.75) is 73.3 Å². The number of nitrogens with one attached hydrogen (secondary N) is 1. The summed E-state index contributed by atoms with van der Waals surface area (Å²) >= 11 is 0. The molecule has 1 rings (SSSR count). The Balaban J connectivity index is 0.00000154. The maximum Gasteiger partial charge on any atom is 0.287 e. The van der Waals surface area contributed by atoms with Gasteiger partial charge in [-0.15, -0.1) is 0 Å². The maximum absolute atomic E-state index is 12.0. The van der Waals surface area contributed by atoms with Crippen LogP contribution in [-0.4, -0.2) is 11.9 Å². The van der Waals surface area contributed by atoms with Gasteiger partial charge in [0.25, 0.3) is 5.91 Å². The minimum atomic E-state index is -0.0897. The standard InChI is InChI=1S/C14H23NO2.C2H6/c1-5-7-12(8-6-2)15-14(16)13-9-10(3)11(4)17-13;1-2/h9,12H,5-8H2,1-4H3,(H,15,16);1-2H3. The molecule has 0 aromatic carbocycles. The van der Waals surface area contributed by atoms with Gasteiger partial charge in [-0.1, -0.05) is 40.5 Å². The SMILES string of the molecule is CC.CCCC(CCC)NC(=O)c1cc(C)c(C)o1. The fourth-order valence-corrected chi connectivity index (χ4v) is 1.93. The number of amides is 1. The molecule has 0 atom stereocenters. The second-order valence-electron chi connectivity index (χ2n) is 4.60. The number of carbonyl (C=O) groups excluding carboxylic acids is 1. The topological polar surface area (TPSA) is 42.2 Å². The van der Waals surface area contributed by atoms with Crippen LogP contribution in [0.15, 0.2) is 10.5 Å². The van der Waals surface area contributed by atoms with Gasteiger partial charge in [-0.2, -0.15) is 0 Å². The molecule has 1 amide bonds. The maximum atomic E-state index is 12.0. The molecule has 0 fully saturated rings. The molecule has 1 aromatic rings. The Morgan fingerprint density at radius 1 is 1.21 bits per heavy atom. The molecule has 1 N–H and O–H groups in total. The van der Waals surface area contributed by atoms with Gasteiger partial charge >= 0.3 is 0 Å². The van der Waals surface area contributed by atoms with Crippen LogP contribution in [-0.2, 0) is 0 Å². The number of furan rings is 1. The van der Waals surface area contributed by atoms with E-state index in [2.05, 4.69) is 19.2 Å². The third kappa shape index (κ3) is 5.95. The molecule has 19 heavy (non-hydrogen) atoms. The van der Waals surface area contributed by atoms with Crippen LogP contribution in [0.4, 0.5) is 0 Å². The largest absolute Gasteiger partial charge is 0.456 e. The second-order valence-corrected chi connectivity index (χ2v) is 4.60. The monoisotopic (exact) mass is 267 g/mol. The zero-order chi connectivity index (χ0) is 14.8. The van der Waals surface area contributed by atoms with Crippen LogP contribution in [0.1, 0.15) is 75.3 Å².